The molecule has 1 amide bonds. The standard InChI is InChI=1S/C27H25ClN4O5S/c1-3-37-25-12-8-7-11-24(25)32(38(34,35)22-9-5-4-6-10-22)18-26(33)31-29-17-20-15-19-13-14-21(36-2)16-23(19)30-27(20)28/h4-17H,3,18H2,1-2H3,(H,31,33). The van der Waals surface area contributed by atoms with Gasteiger partial charge < -0.3 is 9.47 Å². The second-order valence-corrected chi connectivity index (χ2v) is 10.2. The van der Waals surface area contributed by atoms with Gasteiger partial charge in [-0.05, 0) is 49.4 Å². The van der Waals surface area contributed by atoms with Crippen LogP contribution < -0.4 is 19.2 Å². The monoisotopic (exact) mass is 552 g/mol. The molecule has 1 heterocycles. The van der Waals surface area contributed by atoms with E-state index in [4.69, 9.17) is 21.1 Å². The first-order valence-corrected chi connectivity index (χ1v) is 13.4. The number of carbonyl (C=O) groups is 1. The average Bonchev–Trinajstić information content (AvgIpc) is 2.92. The summed E-state index contributed by atoms with van der Waals surface area (Å²) in [6.07, 6.45) is 1.35. The van der Waals surface area contributed by atoms with E-state index in [0.29, 0.717) is 29.2 Å². The lowest BCUT2D eigenvalue weighted by Crippen LogP contribution is -2.39. The fourth-order valence-corrected chi connectivity index (χ4v) is 5.30. The van der Waals surface area contributed by atoms with E-state index in [1.807, 2.05) is 6.07 Å². The third-order valence-electron chi connectivity index (χ3n) is 5.45. The van der Waals surface area contributed by atoms with E-state index in [1.54, 1.807) is 74.7 Å². The van der Waals surface area contributed by atoms with Crippen molar-refractivity contribution >= 4 is 50.3 Å². The van der Waals surface area contributed by atoms with Crippen LogP contribution in [0.15, 0.2) is 88.9 Å². The van der Waals surface area contributed by atoms with Crippen LogP contribution >= 0.6 is 11.6 Å². The highest BCUT2D eigenvalue weighted by molar-refractivity contribution is 7.92. The number of rotatable bonds is 10. The van der Waals surface area contributed by atoms with E-state index in [0.717, 1.165) is 9.69 Å². The summed E-state index contributed by atoms with van der Waals surface area (Å²) in [5.74, 6) is 0.314. The van der Waals surface area contributed by atoms with E-state index in [-0.39, 0.29) is 15.7 Å². The summed E-state index contributed by atoms with van der Waals surface area (Å²) >= 11 is 6.30. The van der Waals surface area contributed by atoms with Gasteiger partial charge in [0.15, 0.2) is 0 Å². The topological polar surface area (TPSA) is 110 Å². The van der Waals surface area contributed by atoms with Gasteiger partial charge in [-0.25, -0.2) is 18.8 Å². The molecule has 196 valence electrons. The molecule has 0 aliphatic rings. The Bertz CT molecular complexity index is 1580. The quantitative estimate of drug-likeness (QED) is 0.174. The minimum atomic E-state index is -4.10. The van der Waals surface area contributed by atoms with E-state index in [9.17, 15) is 13.2 Å². The second-order valence-electron chi connectivity index (χ2n) is 7.95. The molecule has 0 unspecified atom stereocenters. The Morgan fingerprint density at radius 2 is 1.82 bits per heavy atom. The number of aromatic nitrogens is 1. The van der Waals surface area contributed by atoms with Crippen LogP contribution in [0.4, 0.5) is 5.69 Å². The smallest absolute Gasteiger partial charge is 0.264 e. The number of sulfonamides is 1. The van der Waals surface area contributed by atoms with Gasteiger partial charge in [-0.1, -0.05) is 41.9 Å². The molecule has 0 fully saturated rings. The van der Waals surface area contributed by atoms with Crippen LogP contribution in [0.2, 0.25) is 5.15 Å². The molecule has 1 aromatic heterocycles. The number of ether oxygens (including phenoxy) is 2. The molecule has 0 aliphatic carbocycles. The van der Waals surface area contributed by atoms with Gasteiger partial charge in [-0.15, -0.1) is 0 Å². The first-order chi connectivity index (χ1) is 18.3. The molecule has 38 heavy (non-hydrogen) atoms. The van der Waals surface area contributed by atoms with Crippen LogP contribution in [0.1, 0.15) is 12.5 Å². The number of hydrazone groups is 1. The number of anilines is 1. The van der Waals surface area contributed by atoms with Crippen molar-refractivity contribution in [1.29, 1.82) is 0 Å². The highest BCUT2D eigenvalue weighted by Gasteiger charge is 2.29. The number of hydrogen-bond donors (Lipinski definition) is 1. The maximum absolute atomic E-state index is 13.6. The van der Waals surface area contributed by atoms with Gasteiger partial charge in [0, 0.05) is 17.0 Å². The summed E-state index contributed by atoms with van der Waals surface area (Å²) in [6.45, 7) is 1.57. The van der Waals surface area contributed by atoms with E-state index in [1.165, 1.54) is 18.3 Å². The SMILES string of the molecule is CCOc1ccccc1N(CC(=O)NN=Cc1cc2ccc(OC)cc2nc1Cl)S(=O)(=O)c1ccccc1. The number of nitrogens with zero attached hydrogens (tertiary/aromatic N) is 3. The molecule has 1 N–H and O–H groups in total. The zero-order valence-electron chi connectivity index (χ0n) is 20.7. The molecular formula is C27H25ClN4O5S. The first kappa shape index (κ1) is 26.9. The Labute approximate surface area is 225 Å². The van der Waals surface area contributed by atoms with Crippen molar-refractivity contribution in [2.45, 2.75) is 11.8 Å². The number of nitrogens with one attached hydrogen (secondary N) is 1. The normalized spacial score (nSPS) is 11.4. The zero-order valence-corrected chi connectivity index (χ0v) is 22.2. The predicted molar refractivity (Wildman–Crippen MR) is 148 cm³/mol. The molecule has 0 atom stereocenters. The number of halogens is 1. The van der Waals surface area contributed by atoms with Gasteiger partial charge in [0.05, 0.1) is 36.0 Å². The maximum Gasteiger partial charge on any atom is 0.264 e. The number of methoxy groups -OCH3 is 1. The van der Waals surface area contributed by atoms with Crippen LogP contribution in [-0.4, -0.2) is 45.8 Å². The summed E-state index contributed by atoms with van der Waals surface area (Å²) in [5.41, 5.74) is 3.72. The highest BCUT2D eigenvalue weighted by atomic mass is 35.5. The molecule has 4 aromatic rings. The van der Waals surface area contributed by atoms with Crippen LogP contribution in [0, 0.1) is 0 Å². The van der Waals surface area contributed by atoms with Gasteiger partial charge in [-0.2, -0.15) is 5.10 Å². The predicted octanol–water partition coefficient (Wildman–Crippen LogP) is 4.64. The van der Waals surface area contributed by atoms with Gasteiger partial charge in [0.1, 0.15) is 23.2 Å². The van der Waals surface area contributed by atoms with Crippen molar-refractivity contribution in [3.05, 3.63) is 89.6 Å². The van der Waals surface area contributed by atoms with Crippen molar-refractivity contribution in [3.63, 3.8) is 0 Å². The number of pyridine rings is 1. The fourth-order valence-electron chi connectivity index (χ4n) is 3.66. The van der Waals surface area contributed by atoms with Crippen molar-refractivity contribution in [1.82, 2.24) is 10.4 Å². The lowest BCUT2D eigenvalue weighted by molar-refractivity contribution is -0.119. The molecule has 0 bridgehead atoms. The van der Waals surface area contributed by atoms with Gasteiger partial charge in [0.2, 0.25) is 0 Å². The van der Waals surface area contributed by atoms with Crippen molar-refractivity contribution in [3.8, 4) is 11.5 Å². The molecule has 0 aliphatic heterocycles. The summed E-state index contributed by atoms with van der Waals surface area (Å²) in [5, 5.41) is 4.96. The van der Waals surface area contributed by atoms with Gasteiger partial charge in [-0.3, -0.25) is 9.10 Å². The second kappa shape index (κ2) is 11.9. The van der Waals surface area contributed by atoms with E-state index in [2.05, 4.69) is 15.5 Å². The molecule has 11 heteroatoms. The summed E-state index contributed by atoms with van der Waals surface area (Å²) in [4.78, 5) is 17.3. The molecule has 9 nitrogen and oxygen atoms in total. The Kier molecular flexibility index (Phi) is 8.45. The van der Waals surface area contributed by atoms with Crippen molar-refractivity contribution in [2.24, 2.45) is 5.10 Å². The highest BCUT2D eigenvalue weighted by Crippen LogP contribution is 2.32. The third kappa shape index (κ3) is 6.04. The van der Waals surface area contributed by atoms with Gasteiger partial charge in [0.25, 0.3) is 15.9 Å². The molecule has 0 spiro atoms. The average molecular weight is 553 g/mol. The molecule has 4 rings (SSSR count). The maximum atomic E-state index is 13.6. The third-order valence-corrected chi connectivity index (χ3v) is 7.53. The lowest BCUT2D eigenvalue weighted by atomic mass is 10.1. The van der Waals surface area contributed by atoms with E-state index < -0.39 is 22.5 Å². The number of fused-ring (bicyclic) bond motifs is 1. The van der Waals surface area contributed by atoms with Crippen LogP contribution in [-0.2, 0) is 14.8 Å². The summed E-state index contributed by atoms with van der Waals surface area (Å²) < 4.78 is 38.9. The summed E-state index contributed by atoms with van der Waals surface area (Å²) in [6, 6.07) is 21.6. The Balaban J connectivity index is 1.58. The number of carbonyl (C=O) groups excluding carboxylic acids is 1. The number of amides is 1. The minimum Gasteiger partial charge on any atom is -0.497 e. The van der Waals surface area contributed by atoms with E-state index >= 15 is 0 Å². The fraction of sp³-hybridized carbons (Fsp3) is 0.148. The van der Waals surface area contributed by atoms with Crippen LogP contribution in [0.5, 0.6) is 11.5 Å². The van der Waals surface area contributed by atoms with Crippen molar-refractivity contribution < 1.29 is 22.7 Å². The Morgan fingerprint density at radius 3 is 2.55 bits per heavy atom. The lowest BCUT2D eigenvalue weighted by Gasteiger charge is -2.25. The zero-order chi connectivity index (χ0) is 27.1. The number of benzene rings is 3. The Hall–Kier alpha value is -4.15. The molecule has 0 saturated carbocycles. The largest absolute Gasteiger partial charge is 0.497 e. The van der Waals surface area contributed by atoms with Crippen LogP contribution in [0.25, 0.3) is 10.9 Å². The molecule has 0 radical (unpaired) electrons. The van der Waals surface area contributed by atoms with Gasteiger partial charge >= 0.3 is 0 Å². The molecular weight excluding hydrogens is 528 g/mol. The summed E-state index contributed by atoms with van der Waals surface area (Å²) in [7, 11) is -2.54. The minimum absolute atomic E-state index is 0.0354. The molecule has 0 saturated heterocycles. The van der Waals surface area contributed by atoms with Crippen LogP contribution in [0.3, 0.4) is 0 Å². The Morgan fingerprint density at radius 1 is 1.08 bits per heavy atom. The first-order valence-electron chi connectivity index (χ1n) is 11.6. The van der Waals surface area contributed by atoms with Crippen molar-refractivity contribution in [2.75, 3.05) is 24.6 Å². The molecule has 3 aromatic carbocycles. The number of hydrogen-bond acceptors (Lipinski definition) is 7. The number of para-hydroxylation sites is 2.